The van der Waals surface area contributed by atoms with E-state index in [9.17, 15) is 0 Å². The summed E-state index contributed by atoms with van der Waals surface area (Å²) < 4.78 is 5.20. The largest absolute Gasteiger partial charge is 0.228 e. The Bertz CT molecular complexity index is 3490. The van der Waals surface area contributed by atoms with E-state index in [0.29, 0.717) is 5.82 Å². The molecule has 0 atom stereocenters. The van der Waals surface area contributed by atoms with Crippen LogP contribution in [0.3, 0.4) is 0 Å². The Hall–Kier alpha value is -7.50. The smallest absolute Gasteiger partial charge is 0.160 e. The quantitative estimate of drug-likeness (QED) is 0.160. The minimum atomic E-state index is 0.696. The topological polar surface area (TPSA) is 25.8 Å². The average molecular weight is 825 g/mol. The van der Waals surface area contributed by atoms with Gasteiger partial charge in [-0.3, -0.25) is 0 Å². The normalized spacial score (nSPS) is 11.5. The molecule has 12 aromatic rings. The SMILES string of the molecule is c1ccc(-c2cccc(-c3ccc(-c4cc(-c5cc(-c6ccc7sc8ccccc8c7c6)cc(-c6ccc7sc8ccccc8c7c6)c5)nc(-c5ccccc5)n4)cc3)c2)cc1. The molecule has 0 unspecified atom stereocenters. The molecule has 0 bridgehead atoms. The number of rotatable bonds is 7. The summed E-state index contributed by atoms with van der Waals surface area (Å²) in [6.07, 6.45) is 0. The van der Waals surface area contributed by atoms with Crippen LogP contribution in [0, 0.1) is 0 Å². The van der Waals surface area contributed by atoms with E-state index in [2.05, 4.69) is 212 Å². The molecule has 290 valence electrons. The monoisotopic (exact) mass is 824 g/mol. The predicted molar refractivity (Wildman–Crippen MR) is 266 cm³/mol. The molecule has 3 heterocycles. The van der Waals surface area contributed by atoms with Gasteiger partial charge in [0.05, 0.1) is 11.4 Å². The third kappa shape index (κ3) is 6.67. The number of aromatic nitrogens is 2. The zero-order chi connectivity index (χ0) is 41.0. The van der Waals surface area contributed by atoms with E-state index < -0.39 is 0 Å². The fourth-order valence-corrected chi connectivity index (χ4v) is 10.9. The lowest BCUT2D eigenvalue weighted by Crippen LogP contribution is -1.96. The first-order chi connectivity index (χ1) is 30.7. The molecule has 0 fully saturated rings. The zero-order valence-electron chi connectivity index (χ0n) is 33.5. The maximum absolute atomic E-state index is 5.33. The summed E-state index contributed by atoms with van der Waals surface area (Å²) in [5.41, 5.74) is 14.2. The summed E-state index contributed by atoms with van der Waals surface area (Å²) in [6, 6.07) is 78.8. The first kappa shape index (κ1) is 36.4. The number of nitrogens with zero attached hydrogens (tertiary/aromatic N) is 2. The molecule has 3 aromatic heterocycles. The summed E-state index contributed by atoms with van der Waals surface area (Å²) in [5.74, 6) is 0.696. The van der Waals surface area contributed by atoms with Crippen LogP contribution in [0.15, 0.2) is 218 Å². The molecule has 62 heavy (non-hydrogen) atoms. The van der Waals surface area contributed by atoms with E-state index in [1.165, 1.54) is 68.2 Å². The van der Waals surface area contributed by atoms with Gasteiger partial charge in [0.25, 0.3) is 0 Å². The van der Waals surface area contributed by atoms with Crippen molar-refractivity contribution < 1.29 is 0 Å². The van der Waals surface area contributed by atoms with Gasteiger partial charge in [-0.25, -0.2) is 9.97 Å². The summed E-state index contributed by atoms with van der Waals surface area (Å²) in [5, 5.41) is 5.16. The highest BCUT2D eigenvalue weighted by atomic mass is 32.1. The molecular weight excluding hydrogens is 789 g/mol. The lowest BCUT2D eigenvalue weighted by atomic mass is 9.93. The average Bonchev–Trinajstić information content (AvgIpc) is 3.92. The predicted octanol–water partition coefficient (Wildman–Crippen LogP) is 16.9. The third-order valence-corrected chi connectivity index (χ3v) is 14.2. The van der Waals surface area contributed by atoms with Crippen molar-refractivity contribution in [3.8, 4) is 78.4 Å². The Morgan fingerprint density at radius 3 is 1.19 bits per heavy atom. The standard InChI is InChI=1S/C58H36N2S2/c1-3-12-37(13-4-1)41-16-11-17-42(30-41)38-22-24-39(25-23-38)52-36-53(60-58(59-52)40-14-5-2-6-15-40)47-32-45(43-26-28-56-50(34-43)48-18-7-9-20-54(48)61-56)31-46(33-47)44-27-29-57-51(35-44)49-19-8-10-21-55(49)62-57/h1-36H. The number of fused-ring (bicyclic) bond motifs is 6. The highest BCUT2D eigenvalue weighted by molar-refractivity contribution is 7.26. The molecule has 0 radical (unpaired) electrons. The Morgan fingerprint density at radius 1 is 0.226 bits per heavy atom. The van der Waals surface area contributed by atoms with Crippen LogP contribution in [0.1, 0.15) is 0 Å². The molecule has 0 aliphatic carbocycles. The first-order valence-corrected chi connectivity index (χ1v) is 22.5. The second-order valence-electron chi connectivity index (χ2n) is 15.8. The molecule has 12 rings (SSSR count). The first-order valence-electron chi connectivity index (χ1n) is 20.9. The minimum absolute atomic E-state index is 0.696. The van der Waals surface area contributed by atoms with E-state index in [4.69, 9.17) is 9.97 Å². The van der Waals surface area contributed by atoms with Crippen LogP contribution in [-0.2, 0) is 0 Å². The third-order valence-electron chi connectivity index (χ3n) is 11.9. The van der Waals surface area contributed by atoms with Crippen molar-refractivity contribution >= 4 is 63.0 Å². The van der Waals surface area contributed by atoms with Crippen molar-refractivity contribution in [3.05, 3.63) is 218 Å². The zero-order valence-corrected chi connectivity index (χ0v) is 35.1. The second-order valence-corrected chi connectivity index (χ2v) is 17.9. The van der Waals surface area contributed by atoms with Gasteiger partial charge in [-0.05, 0) is 111 Å². The van der Waals surface area contributed by atoms with Gasteiger partial charge >= 0.3 is 0 Å². The summed E-state index contributed by atoms with van der Waals surface area (Å²) >= 11 is 3.70. The van der Waals surface area contributed by atoms with E-state index >= 15 is 0 Å². The maximum Gasteiger partial charge on any atom is 0.160 e. The van der Waals surface area contributed by atoms with Crippen molar-refractivity contribution in [2.45, 2.75) is 0 Å². The van der Waals surface area contributed by atoms with E-state index in [1.807, 2.05) is 28.7 Å². The van der Waals surface area contributed by atoms with Crippen molar-refractivity contribution in [2.24, 2.45) is 0 Å². The Labute approximate surface area is 367 Å². The summed E-state index contributed by atoms with van der Waals surface area (Å²) in [7, 11) is 0. The molecule has 9 aromatic carbocycles. The van der Waals surface area contributed by atoms with Crippen LogP contribution in [-0.4, -0.2) is 9.97 Å². The summed E-state index contributed by atoms with van der Waals surface area (Å²) in [6.45, 7) is 0. The molecule has 2 nitrogen and oxygen atoms in total. The number of hydrogen-bond donors (Lipinski definition) is 0. The van der Waals surface area contributed by atoms with Crippen molar-refractivity contribution in [1.29, 1.82) is 0 Å². The van der Waals surface area contributed by atoms with Crippen LogP contribution in [0.5, 0.6) is 0 Å². The Morgan fingerprint density at radius 2 is 0.613 bits per heavy atom. The molecule has 4 heteroatoms. The van der Waals surface area contributed by atoms with E-state index in [0.717, 1.165) is 44.8 Å². The van der Waals surface area contributed by atoms with E-state index in [-0.39, 0.29) is 0 Å². The van der Waals surface area contributed by atoms with Crippen LogP contribution in [0.2, 0.25) is 0 Å². The van der Waals surface area contributed by atoms with Crippen molar-refractivity contribution in [2.75, 3.05) is 0 Å². The molecule has 0 aliphatic rings. The lowest BCUT2D eigenvalue weighted by molar-refractivity contribution is 1.18. The molecular formula is C58H36N2S2. The molecule has 0 aliphatic heterocycles. The number of hydrogen-bond acceptors (Lipinski definition) is 4. The van der Waals surface area contributed by atoms with Gasteiger partial charge in [0, 0.05) is 57.0 Å². The van der Waals surface area contributed by atoms with Gasteiger partial charge in [0.1, 0.15) is 0 Å². The molecule has 0 amide bonds. The van der Waals surface area contributed by atoms with Gasteiger partial charge in [-0.2, -0.15) is 0 Å². The van der Waals surface area contributed by atoms with Gasteiger partial charge < -0.3 is 0 Å². The van der Waals surface area contributed by atoms with Crippen LogP contribution in [0.25, 0.3) is 119 Å². The maximum atomic E-state index is 5.33. The molecule has 0 saturated heterocycles. The number of benzene rings is 9. The lowest BCUT2D eigenvalue weighted by Gasteiger charge is -2.14. The van der Waals surface area contributed by atoms with E-state index in [1.54, 1.807) is 0 Å². The molecule has 0 N–H and O–H groups in total. The Balaban J connectivity index is 1.02. The Kier molecular flexibility index (Phi) is 8.91. The van der Waals surface area contributed by atoms with Crippen molar-refractivity contribution in [3.63, 3.8) is 0 Å². The van der Waals surface area contributed by atoms with Gasteiger partial charge in [0.15, 0.2) is 5.82 Å². The van der Waals surface area contributed by atoms with Gasteiger partial charge in [-0.15, -0.1) is 22.7 Å². The molecule has 0 saturated carbocycles. The van der Waals surface area contributed by atoms with Crippen LogP contribution < -0.4 is 0 Å². The van der Waals surface area contributed by atoms with Crippen molar-refractivity contribution in [1.82, 2.24) is 9.97 Å². The second kappa shape index (κ2) is 15.2. The highest BCUT2D eigenvalue weighted by Crippen LogP contribution is 2.41. The van der Waals surface area contributed by atoms with Crippen LogP contribution >= 0.6 is 22.7 Å². The summed E-state index contributed by atoms with van der Waals surface area (Å²) in [4.78, 5) is 10.6. The van der Waals surface area contributed by atoms with Gasteiger partial charge in [0.2, 0.25) is 0 Å². The van der Waals surface area contributed by atoms with Gasteiger partial charge in [-0.1, -0.05) is 152 Å². The minimum Gasteiger partial charge on any atom is -0.228 e. The number of thiophene rings is 2. The fourth-order valence-electron chi connectivity index (χ4n) is 8.72. The fraction of sp³-hybridized carbons (Fsp3) is 0. The molecule has 0 spiro atoms. The van der Waals surface area contributed by atoms with Crippen LogP contribution in [0.4, 0.5) is 0 Å². The highest BCUT2D eigenvalue weighted by Gasteiger charge is 2.16.